The van der Waals surface area contributed by atoms with Gasteiger partial charge in [-0.05, 0) is 63.8 Å². The number of hydrogen-bond acceptors (Lipinski definition) is 19. The van der Waals surface area contributed by atoms with Crippen LogP contribution in [0.25, 0.3) is 0 Å². The lowest BCUT2D eigenvalue weighted by Gasteiger charge is -2.23. The van der Waals surface area contributed by atoms with Gasteiger partial charge in [-0.1, -0.05) is 50.6 Å². The molecule has 0 radical (unpaired) electrons. The normalized spacial score (nSPS) is 12.7. The van der Waals surface area contributed by atoms with Gasteiger partial charge in [-0.3, -0.25) is 14.4 Å². The third kappa shape index (κ3) is 35.3. The van der Waals surface area contributed by atoms with E-state index in [0.717, 1.165) is 18.6 Å². The number of hydrogen-bond donors (Lipinski definition) is 2. The largest absolute Gasteiger partial charge is 0.379 e. The van der Waals surface area contributed by atoms with E-state index in [1.807, 2.05) is 6.92 Å². The van der Waals surface area contributed by atoms with E-state index >= 15 is 0 Å². The molecule has 0 aliphatic rings. The number of carbonyl (C=O) groups excluding carboxylic acids is 3. The van der Waals surface area contributed by atoms with Gasteiger partial charge in [0.05, 0.1) is 179 Å². The average Bonchev–Trinajstić information content (AvgIpc) is 3.41. The Morgan fingerprint density at radius 3 is 1.17 bits per heavy atom. The SMILES string of the molecule is Cc1ccc(S(=O)(=O)CC(CS(=O)(=O)C(C)(C)C)C(=O)c2ccc(C(=O)NCCOCCOCCOCCOCCOCCOCCOCCOCCC(=O)NCCOCCOCCOCCOCCC(C)(C)C)cc2)cc1. The van der Waals surface area contributed by atoms with Crippen molar-refractivity contribution in [2.24, 2.45) is 11.3 Å². The molecule has 0 aliphatic carbocycles. The van der Waals surface area contributed by atoms with E-state index in [-0.39, 0.29) is 46.9 Å². The molecule has 21 nitrogen and oxygen atoms in total. The zero-order valence-corrected chi connectivity index (χ0v) is 49.1. The van der Waals surface area contributed by atoms with Crippen molar-refractivity contribution in [1.29, 1.82) is 0 Å². The maximum Gasteiger partial charge on any atom is 0.251 e. The molecule has 0 saturated carbocycles. The second-order valence-corrected chi connectivity index (χ2v) is 25.0. The lowest BCUT2D eigenvalue weighted by atomic mass is 9.93. The number of ether oxygens (including phenoxy) is 12. The monoisotopic (exact) mass is 1150 g/mol. The van der Waals surface area contributed by atoms with Crippen LogP contribution < -0.4 is 10.6 Å². The number of benzene rings is 2. The third-order valence-corrected chi connectivity index (χ3v) is 15.8. The summed E-state index contributed by atoms with van der Waals surface area (Å²) >= 11 is 0. The lowest BCUT2D eigenvalue weighted by Crippen LogP contribution is -2.38. The maximum absolute atomic E-state index is 13.7. The average molecular weight is 1150 g/mol. The van der Waals surface area contributed by atoms with E-state index in [9.17, 15) is 31.2 Å². The molecule has 2 amide bonds. The van der Waals surface area contributed by atoms with E-state index in [1.54, 1.807) is 12.1 Å². The van der Waals surface area contributed by atoms with Crippen LogP contribution in [0.3, 0.4) is 0 Å². The summed E-state index contributed by atoms with van der Waals surface area (Å²) in [5.74, 6) is -3.85. The first kappa shape index (κ1) is 70.6. The minimum atomic E-state index is -4.01. The first-order valence-corrected chi connectivity index (χ1v) is 30.2. The Bertz CT molecular complexity index is 2120. The smallest absolute Gasteiger partial charge is 0.251 e. The minimum absolute atomic E-state index is 0.00213. The molecule has 0 spiro atoms. The molecule has 1 unspecified atom stereocenters. The van der Waals surface area contributed by atoms with Crippen molar-refractivity contribution < 1.29 is 88.1 Å². The van der Waals surface area contributed by atoms with Gasteiger partial charge >= 0.3 is 0 Å². The van der Waals surface area contributed by atoms with Crippen molar-refractivity contribution in [1.82, 2.24) is 10.6 Å². The Balaban J connectivity index is 1.34. The summed E-state index contributed by atoms with van der Waals surface area (Å²) in [7, 11) is -7.88. The van der Waals surface area contributed by atoms with E-state index in [4.69, 9.17) is 56.8 Å². The second kappa shape index (κ2) is 41.5. The molecule has 2 aromatic rings. The standard InChI is InChI=1S/C55H92N2O19S2/c1-46-8-14-50(15-9-46)77(61,62)44-49(45-78(63,64)55(5,6)7)52(59)47-10-12-48(13-11-47)53(60)57-19-23-68-27-31-72-35-37-74-39-41-76-43-42-75-40-38-73-36-32-69-28-24-65-20-16-51(58)56-18-22-67-26-30-71-34-33-70-29-25-66-21-17-54(2,3)4/h8-15,49H,16-45H2,1-7H3,(H,56,58)(H,57,60). The predicted molar refractivity (Wildman–Crippen MR) is 295 cm³/mol. The van der Waals surface area contributed by atoms with E-state index in [2.05, 4.69) is 31.4 Å². The highest BCUT2D eigenvalue weighted by atomic mass is 32.2. The third-order valence-electron chi connectivity index (χ3n) is 11.2. The highest BCUT2D eigenvalue weighted by Crippen LogP contribution is 2.25. The number of ketones is 1. The van der Waals surface area contributed by atoms with Crippen LogP contribution in [-0.4, -0.2) is 222 Å². The molecule has 2 N–H and O–H groups in total. The molecule has 1 atom stereocenters. The summed E-state index contributed by atoms with van der Waals surface area (Å²) in [4.78, 5) is 38.4. The Kier molecular flexibility index (Phi) is 37.5. The Hall–Kier alpha value is -3.53. The number of sulfone groups is 2. The van der Waals surface area contributed by atoms with Crippen LogP contribution in [0.4, 0.5) is 0 Å². The van der Waals surface area contributed by atoms with E-state index < -0.39 is 53.5 Å². The summed E-state index contributed by atoms with van der Waals surface area (Å²) < 4.78 is 118. The van der Waals surface area contributed by atoms with Crippen molar-refractivity contribution in [2.45, 2.75) is 71.0 Å². The molecule has 2 rings (SSSR count). The Morgan fingerprint density at radius 2 is 0.782 bits per heavy atom. The van der Waals surface area contributed by atoms with Crippen molar-refractivity contribution in [3.63, 3.8) is 0 Å². The van der Waals surface area contributed by atoms with Crippen LogP contribution in [0.2, 0.25) is 0 Å². The van der Waals surface area contributed by atoms with Crippen LogP contribution >= 0.6 is 0 Å². The second-order valence-electron chi connectivity index (χ2n) is 20.1. The highest BCUT2D eigenvalue weighted by molar-refractivity contribution is 7.93. The summed E-state index contributed by atoms with van der Waals surface area (Å²) in [6.07, 6.45) is 1.27. The van der Waals surface area contributed by atoms with Crippen molar-refractivity contribution in [2.75, 3.05) is 183 Å². The summed E-state index contributed by atoms with van der Waals surface area (Å²) in [5.41, 5.74) is 1.49. The zero-order valence-electron chi connectivity index (χ0n) is 47.5. The van der Waals surface area contributed by atoms with Gasteiger partial charge < -0.3 is 67.5 Å². The summed E-state index contributed by atoms with van der Waals surface area (Å²) in [6.45, 7) is 23.8. The molecule has 23 heteroatoms. The van der Waals surface area contributed by atoms with Crippen molar-refractivity contribution in [3.05, 3.63) is 65.2 Å². The fourth-order valence-electron chi connectivity index (χ4n) is 6.48. The minimum Gasteiger partial charge on any atom is -0.379 e. The van der Waals surface area contributed by atoms with Crippen molar-refractivity contribution in [3.8, 4) is 0 Å². The van der Waals surface area contributed by atoms with Gasteiger partial charge in [0.25, 0.3) is 5.91 Å². The fourth-order valence-corrected chi connectivity index (χ4v) is 9.47. The van der Waals surface area contributed by atoms with Gasteiger partial charge in [-0.15, -0.1) is 0 Å². The topological polar surface area (TPSA) is 254 Å². The number of aryl methyl sites for hydroxylation is 1. The number of nitrogens with one attached hydrogen (secondary N) is 2. The quantitative estimate of drug-likeness (QED) is 0.0690. The number of carbonyl (C=O) groups is 3. The maximum atomic E-state index is 13.7. The van der Waals surface area contributed by atoms with Gasteiger partial charge in [-0.2, -0.15) is 0 Å². The van der Waals surface area contributed by atoms with Gasteiger partial charge in [0.2, 0.25) is 5.91 Å². The highest BCUT2D eigenvalue weighted by Gasteiger charge is 2.37. The molecule has 0 saturated heterocycles. The van der Waals surface area contributed by atoms with Crippen LogP contribution in [0.5, 0.6) is 0 Å². The van der Waals surface area contributed by atoms with Crippen LogP contribution in [0.1, 0.15) is 80.7 Å². The molecule has 0 fully saturated rings. The van der Waals surface area contributed by atoms with Gasteiger partial charge in [0.15, 0.2) is 25.5 Å². The lowest BCUT2D eigenvalue weighted by molar-refractivity contribution is -0.122. The van der Waals surface area contributed by atoms with Gasteiger partial charge in [0, 0.05) is 37.2 Å². The molecule has 448 valence electrons. The predicted octanol–water partition coefficient (Wildman–Crippen LogP) is 4.35. The molecule has 0 aromatic heterocycles. The number of rotatable bonds is 49. The fraction of sp³-hybridized carbons (Fsp3) is 0.727. The zero-order chi connectivity index (χ0) is 57.4. The Morgan fingerprint density at radius 1 is 0.436 bits per heavy atom. The molecule has 0 aliphatic heterocycles. The first-order chi connectivity index (χ1) is 37.2. The van der Waals surface area contributed by atoms with Crippen LogP contribution in [-0.2, 0) is 81.3 Å². The van der Waals surface area contributed by atoms with Gasteiger partial charge in [0.1, 0.15) is 0 Å². The molecule has 0 bridgehead atoms. The van der Waals surface area contributed by atoms with E-state index in [1.165, 1.54) is 57.2 Å². The van der Waals surface area contributed by atoms with Crippen LogP contribution in [0.15, 0.2) is 53.4 Å². The van der Waals surface area contributed by atoms with E-state index in [0.29, 0.717) is 152 Å². The van der Waals surface area contributed by atoms with Crippen LogP contribution in [0, 0.1) is 18.3 Å². The molecular formula is C55H92N2O19S2. The molecular weight excluding hydrogens is 1060 g/mol. The molecule has 78 heavy (non-hydrogen) atoms. The molecule has 2 aromatic carbocycles. The van der Waals surface area contributed by atoms with Gasteiger partial charge in [-0.25, -0.2) is 16.8 Å². The van der Waals surface area contributed by atoms with Crippen molar-refractivity contribution >= 4 is 37.3 Å². The first-order valence-electron chi connectivity index (χ1n) is 26.9. The summed E-state index contributed by atoms with van der Waals surface area (Å²) in [6, 6.07) is 11.8. The summed E-state index contributed by atoms with van der Waals surface area (Å²) in [5, 5.41) is 5.54. The number of amides is 2. The number of Topliss-reactive ketones (excluding diaryl/α,β-unsaturated/α-hetero) is 1. The Labute approximate surface area is 464 Å². The molecule has 0 heterocycles.